The minimum Gasteiger partial charge on any atom is -1.00 e. The van der Waals surface area contributed by atoms with Crippen LogP contribution >= 0.6 is 8.16 Å². The molecule has 25 heavy (non-hydrogen) atoms. The topological polar surface area (TPSA) is 46.9 Å². The Morgan fingerprint density at radius 2 is 1.68 bits per heavy atom. The van der Waals surface area contributed by atoms with E-state index in [0.29, 0.717) is 13.2 Å². The normalized spacial score (nSPS) is 18.2. The van der Waals surface area contributed by atoms with Gasteiger partial charge >= 0.3 is 29.1 Å². The Labute approximate surface area is 140 Å². The van der Waals surface area contributed by atoms with Crippen LogP contribution in [0.5, 0.6) is 0 Å². The third-order valence-corrected chi connectivity index (χ3v) is 2.80. The third kappa shape index (κ3) is 11.0. The summed E-state index contributed by atoms with van der Waals surface area (Å²) in [5.74, 6) is 0. The standard InChI is InChI=1S/C12H19N3O3.F5P.FH/c1-13(2)12(14-7-9-17-10-8-14)18-15-6-4-3-5-11(15)16;1-6(2,3,4)5;/h3-6,12H,7-10H2,1-2H3;;1H/p-1. The van der Waals surface area contributed by atoms with Crippen LogP contribution in [0.15, 0.2) is 29.2 Å². The van der Waals surface area contributed by atoms with Gasteiger partial charge in [-0.25, -0.2) is 4.90 Å². The van der Waals surface area contributed by atoms with Crippen LogP contribution in [0.4, 0.5) is 21.0 Å². The van der Waals surface area contributed by atoms with E-state index < -0.39 is 8.16 Å². The van der Waals surface area contributed by atoms with Crippen molar-refractivity contribution in [3.63, 3.8) is 0 Å². The molecule has 0 aromatic carbocycles. The number of morpholine rings is 1. The van der Waals surface area contributed by atoms with Crippen molar-refractivity contribution in [3.05, 3.63) is 34.7 Å². The fourth-order valence-corrected chi connectivity index (χ4v) is 1.89. The summed E-state index contributed by atoms with van der Waals surface area (Å²) in [6, 6.07) is 4.95. The van der Waals surface area contributed by atoms with Gasteiger partial charge in [-0.2, -0.15) is 0 Å². The number of hydrogen-bond donors (Lipinski definition) is 0. The van der Waals surface area contributed by atoms with Crippen molar-refractivity contribution < 1.29 is 35.3 Å². The smallest absolute Gasteiger partial charge is 1.00 e. The van der Waals surface area contributed by atoms with Gasteiger partial charge in [0.05, 0.1) is 13.2 Å². The number of rotatable bonds is 4. The van der Waals surface area contributed by atoms with Crippen LogP contribution in [0, 0.1) is 0 Å². The molecule has 1 aromatic rings. The number of pyridine rings is 1. The molecular formula is C12H19F6N3O3P-. The largest absolute Gasteiger partial charge is 1.00 e. The van der Waals surface area contributed by atoms with E-state index in [1.807, 2.05) is 19.0 Å². The van der Waals surface area contributed by atoms with Crippen molar-refractivity contribution in [2.24, 2.45) is 0 Å². The summed E-state index contributed by atoms with van der Waals surface area (Å²) in [5.41, 5.74) is -0.169. The fourth-order valence-electron chi connectivity index (χ4n) is 1.89. The molecule has 0 spiro atoms. The number of aromatic nitrogens is 1. The minimum absolute atomic E-state index is 0. The van der Waals surface area contributed by atoms with Gasteiger partial charge in [0.25, 0.3) is 5.56 Å². The van der Waals surface area contributed by atoms with Gasteiger partial charge in [0.1, 0.15) is 0 Å². The molecule has 0 saturated carbocycles. The molecule has 0 radical (unpaired) electrons. The maximum absolute atomic E-state index is 11.6. The SMILES string of the molecule is CN(C)C(On1ccccc1=O)N1CCOCC1.FP(F)(F)(F)F.[F-]. The van der Waals surface area contributed by atoms with Gasteiger partial charge in [0.2, 0.25) is 6.35 Å². The van der Waals surface area contributed by atoms with Crippen molar-refractivity contribution in [3.8, 4) is 0 Å². The van der Waals surface area contributed by atoms with Crippen LogP contribution in [0.2, 0.25) is 0 Å². The Kier molecular flexibility index (Phi) is 8.86. The Balaban J connectivity index is 0.000000715. The van der Waals surface area contributed by atoms with Gasteiger partial charge in [0, 0.05) is 25.4 Å². The molecule has 1 aromatic heterocycles. The molecule has 1 atom stereocenters. The van der Waals surface area contributed by atoms with E-state index in [9.17, 15) is 25.8 Å². The molecule has 1 aliphatic heterocycles. The second kappa shape index (κ2) is 9.37. The van der Waals surface area contributed by atoms with E-state index in [4.69, 9.17) is 9.57 Å². The van der Waals surface area contributed by atoms with Gasteiger partial charge in [-0.3, -0.25) is 9.69 Å². The first kappa shape index (κ1) is 23.6. The molecule has 0 aliphatic carbocycles. The first-order chi connectivity index (χ1) is 10.9. The molecule has 1 aliphatic rings. The third-order valence-electron chi connectivity index (χ3n) is 2.80. The predicted molar refractivity (Wildman–Crippen MR) is 79.6 cm³/mol. The van der Waals surface area contributed by atoms with Crippen LogP contribution in [0.25, 0.3) is 0 Å². The van der Waals surface area contributed by atoms with Crippen molar-refractivity contribution in [1.82, 2.24) is 14.5 Å². The molecule has 1 saturated heterocycles. The van der Waals surface area contributed by atoms with Crippen molar-refractivity contribution in [1.29, 1.82) is 0 Å². The molecule has 148 valence electrons. The van der Waals surface area contributed by atoms with E-state index >= 15 is 0 Å². The van der Waals surface area contributed by atoms with E-state index in [0.717, 1.165) is 13.1 Å². The van der Waals surface area contributed by atoms with Gasteiger partial charge in [0.15, 0.2) is 0 Å². The summed E-state index contributed by atoms with van der Waals surface area (Å²) in [4.78, 5) is 21.5. The monoisotopic (exact) mass is 398 g/mol. The number of ether oxygens (including phenoxy) is 1. The summed E-state index contributed by atoms with van der Waals surface area (Å²) >= 11 is 0. The minimum atomic E-state index is -8.55. The van der Waals surface area contributed by atoms with Crippen LogP contribution in [0.3, 0.4) is 0 Å². The maximum Gasteiger partial charge on any atom is -1.00 e. The van der Waals surface area contributed by atoms with Crippen LogP contribution in [0.1, 0.15) is 0 Å². The Bertz CT molecular complexity index is 558. The van der Waals surface area contributed by atoms with Crippen LogP contribution < -0.4 is 15.1 Å². The second-order valence-electron chi connectivity index (χ2n) is 5.05. The van der Waals surface area contributed by atoms with Crippen LogP contribution in [-0.4, -0.2) is 61.3 Å². The average molecular weight is 398 g/mol. The molecule has 2 heterocycles. The van der Waals surface area contributed by atoms with Crippen molar-refractivity contribution >= 4 is 8.16 Å². The van der Waals surface area contributed by atoms with E-state index in [-0.39, 0.29) is 16.6 Å². The quantitative estimate of drug-likeness (QED) is 0.386. The summed E-state index contributed by atoms with van der Waals surface area (Å²) in [5, 5.41) is 0. The molecule has 1 unspecified atom stereocenters. The summed E-state index contributed by atoms with van der Waals surface area (Å²) < 4.78 is 55.8. The number of hydrogen-bond acceptors (Lipinski definition) is 5. The zero-order valence-electron chi connectivity index (χ0n) is 13.5. The van der Waals surface area contributed by atoms with Gasteiger partial charge in [-0.15, -0.1) is 4.73 Å². The molecule has 6 nitrogen and oxygen atoms in total. The molecule has 0 N–H and O–H groups in total. The average Bonchev–Trinajstić information content (AvgIpc) is 2.44. The first-order valence-corrected chi connectivity index (χ1v) is 8.55. The number of nitrogens with zero attached hydrogens (tertiary/aromatic N) is 3. The van der Waals surface area contributed by atoms with Crippen molar-refractivity contribution in [2.75, 3.05) is 40.4 Å². The van der Waals surface area contributed by atoms with E-state index in [2.05, 4.69) is 4.90 Å². The molecule has 1 fully saturated rings. The van der Waals surface area contributed by atoms with Crippen molar-refractivity contribution in [2.45, 2.75) is 6.35 Å². The predicted octanol–water partition coefficient (Wildman–Crippen LogP) is -0.579. The Hall–Kier alpha value is -1.36. The fraction of sp³-hybridized carbons (Fsp3) is 0.583. The maximum atomic E-state index is 11.6. The Morgan fingerprint density at radius 3 is 2.12 bits per heavy atom. The van der Waals surface area contributed by atoms with E-state index in [1.54, 1.807) is 18.3 Å². The number of halogens is 6. The van der Waals surface area contributed by atoms with Gasteiger partial charge < -0.3 is 14.3 Å². The Morgan fingerprint density at radius 1 is 1.16 bits per heavy atom. The molecule has 0 bridgehead atoms. The first-order valence-electron chi connectivity index (χ1n) is 6.86. The second-order valence-corrected chi connectivity index (χ2v) is 6.32. The van der Waals surface area contributed by atoms with Crippen LogP contribution in [-0.2, 0) is 4.74 Å². The summed E-state index contributed by atoms with van der Waals surface area (Å²) in [6.45, 7) is 2.98. The molecule has 13 heteroatoms. The zero-order valence-corrected chi connectivity index (χ0v) is 14.4. The molecule has 2 rings (SSSR count). The summed E-state index contributed by atoms with van der Waals surface area (Å²) in [7, 11) is -4.70. The van der Waals surface area contributed by atoms with E-state index in [1.165, 1.54) is 10.8 Å². The molecule has 0 amide bonds. The van der Waals surface area contributed by atoms with Gasteiger partial charge in [-0.1, -0.05) is 6.07 Å². The summed E-state index contributed by atoms with van der Waals surface area (Å²) in [6.07, 6.45) is 1.35. The van der Waals surface area contributed by atoms with Gasteiger partial charge in [-0.05, 0) is 20.2 Å². The molecular weight excluding hydrogens is 379 g/mol. The zero-order chi connectivity index (χ0) is 18.4.